The van der Waals surface area contributed by atoms with E-state index in [1.165, 1.54) is 57.8 Å². The number of aliphatic carboxylic acids is 4. The fraction of sp³-hybridized carbons (Fsp3) is 0.815. The van der Waals surface area contributed by atoms with E-state index in [1.54, 1.807) is 13.8 Å². The molecule has 0 bridgehead atoms. The van der Waals surface area contributed by atoms with Gasteiger partial charge in [-0.1, -0.05) is 120 Å². The lowest BCUT2D eigenvalue weighted by Gasteiger charge is -2.15. The quantitative estimate of drug-likeness (QED) is 0.0232. The van der Waals surface area contributed by atoms with Crippen molar-refractivity contribution in [2.24, 2.45) is 5.92 Å². The molecule has 4 amide bonds. The number of Topliss-reactive ketones (excluding diaryl/α,β-unsaturated/α-hetero) is 2. The number of alkyl halides is 1. The molecule has 0 rings (SSSR count). The van der Waals surface area contributed by atoms with Crippen LogP contribution in [0.5, 0.6) is 0 Å². The van der Waals surface area contributed by atoms with Crippen LogP contribution in [-0.2, 0) is 66.9 Å². The minimum Gasteiger partial charge on any atom is -0.481 e. The molecule has 22 nitrogen and oxygen atoms in total. The van der Waals surface area contributed by atoms with Crippen LogP contribution in [0, 0.1) is 5.92 Å². The summed E-state index contributed by atoms with van der Waals surface area (Å²) in [6.07, 6.45) is 21.3. The minimum absolute atomic E-state index is 0.000797. The highest BCUT2D eigenvalue weighted by molar-refractivity contribution is 9.09. The standard InChI is InChI=1S/C30H53NO8.C24H42BrN3O10/c1-2-24(29(36)37)23-25(32)21-22-26(30(38)39)31-27(33)19-17-15-13-11-9-7-5-3-4-6-8-10-12-14-16-18-20-28(34)35;1-2-21(30)27-9-11-36-13-14-37-17-19(29)6-5-10-35-12-15-38-18-23(32)28-20(24(33)34)7-3-4-8-26-22(31)16-25/h24,26H,2-23H2,1H3,(H,31,33)(H,34,35)(H,36,37)(H,38,39);20H,2-18H2,1H3,(H,26,31)(H,27,30)(H,28,32)(H,33,34)/t24-,26+;20-/m10/s1. The van der Waals surface area contributed by atoms with Gasteiger partial charge in [0.15, 0.2) is 5.78 Å². The second-order valence-electron chi connectivity index (χ2n) is 18.8. The molecule has 3 atom stereocenters. The summed E-state index contributed by atoms with van der Waals surface area (Å²) >= 11 is 3.04. The van der Waals surface area contributed by atoms with Crippen molar-refractivity contribution in [1.29, 1.82) is 0 Å². The molecule has 0 radical (unpaired) electrons. The first-order valence-electron chi connectivity index (χ1n) is 27.9. The van der Waals surface area contributed by atoms with Gasteiger partial charge in [-0.2, -0.15) is 0 Å². The Bertz CT molecular complexity index is 1640. The molecule has 0 aromatic rings. The summed E-state index contributed by atoms with van der Waals surface area (Å²) in [5.74, 6) is -6.19. The van der Waals surface area contributed by atoms with Crippen LogP contribution in [0.1, 0.15) is 194 Å². The zero-order valence-corrected chi connectivity index (χ0v) is 47.8. The van der Waals surface area contributed by atoms with E-state index in [2.05, 4.69) is 37.2 Å². The summed E-state index contributed by atoms with van der Waals surface area (Å²) in [7, 11) is 0. The summed E-state index contributed by atoms with van der Waals surface area (Å²) in [5, 5.41) is 46.7. The fourth-order valence-corrected chi connectivity index (χ4v) is 7.71. The van der Waals surface area contributed by atoms with Gasteiger partial charge in [0.1, 0.15) is 31.1 Å². The Balaban J connectivity index is 0. The number of carbonyl (C=O) groups excluding carboxylic acids is 6. The van der Waals surface area contributed by atoms with Crippen LogP contribution in [0.2, 0.25) is 0 Å². The molecule has 0 aliphatic heterocycles. The highest BCUT2D eigenvalue weighted by Gasteiger charge is 2.24. The number of rotatable bonds is 54. The number of ether oxygens (including phenoxy) is 4. The largest absolute Gasteiger partial charge is 0.481 e. The number of hydrogen-bond donors (Lipinski definition) is 8. The molecule has 0 fully saturated rings. The highest BCUT2D eigenvalue weighted by Crippen LogP contribution is 2.16. The van der Waals surface area contributed by atoms with Gasteiger partial charge in [0, 0.05) is 58.2 Å². The van der Waals surface area contributed by atoms with Crippen molar-refractivity contribution in [3.05, 3.63) is 0 Å². The number of amides is 4. The van der Waals surface area contributed by atoms with Crippen molar-refractivity contribution in [1.82, 2.24) is 21.3 Å². The van der Waals surface area contributed by atoms with Gasteiger partial charge < -0.3 is 60.6 Å². The van der Waals surface area contributed by atoms with Crippen molar-refractivity contribution in [2.75, 3.05) is 71.3 Å². The molecule has 0 aromatic carbocycles. The van der Waals surface area contributed by atoms with Gasteiger partial charge in [0.05, 0.1) is 44.3 Å². The first kappa shape index (κ1) is 74.5. The number of unbranched alkanes of at least 4 members (excludes halogenated alkanes) is 16. The average Bonchev–Trinajstić information content (AvgIpc) is 3.39. The van der Waals surface area contributed by atoms with Gasteiger partial charge in [-0.25, -0.2) is 9.59 Å². The van der Waals surface area contributed by atoms with Crippen molar-refractivity contribution >= 4 is 75.0 Å². The van der Waals surface area contributed by atoms with Crippen LogP contribution in [0.3, 0.4) is 0 Å². The first-order chi connectivity index (χ1) is 37.0. The lowest BCUT2D eigenvalue weighted by molar-refractivity contribution is -0.144. The molecule has 0 spiro atoms. The summed E-state index contributed by atoms with van der Waals surface area (Å²) in [6, 6.07) is -2.16. The van der Waals surface area contributed by atoms with Gasteiger partial charge in [-0.05, 0) is 51.4 Å². The zero-order valence-electron chi connectivity index (χ0n) is 46.2. The number of ketones is 2. The lowest BCUT2D eigenvalue weighted by Crippen LogP contribution is -2.42. The van der Waals surface area contributed by atoms with E-state index in [0.717, 1.165) is 38.5 Å². The van der Waals surface area contributed by atoms with Crippen LogP contribution < -0.4 is 21.3 Å². The molecule has 0 aromatic heterocycles. The molecule has 77 heavy (non-hydrogen) atoms. The SMILES string of the molecule is CCC(=O)NCCOCCOCC(=O)CCCOCCOCC(=O)N[C@@H](CCCCNC(=O)CBr)C(=O)O.CC[C@H](CC(=O)CC[C@H](NC(=O)CCCCCCCCCCCCCCCCCCC(=O)O)C(=O)O)C(=O)O. The number of hydrogen-bond acceptors (Lipinski definition) is 14. The first-order valence-corrected chi connectivity index (χ1v) is 29.0. The van der Waals surface area contributed by atoms with Gasteiger partial charge in [0.25, 0.3) is 0 Å². The number of carboxylic acids is 4. The predicted octanol–water partition coefficient (Wildman–Crippen LogP) is 6.69. The third kappa shape index (κ3) is 51.9. The van der Waals surface area contributed by atoms with Crippen molar-refractivity contribution in [3.8, 4) is 0 Å². The molecule has 0 saturated heterocycles. The van der Waals surface area contributed by atoms with Crippen LogP contribution >= 0.6 is 15.9 Å². The molecule has 0 unspecified atom stereocenters. The number of halogens is 1. The second-order valence-corrected chi connectivity index (χ2v) is 19.4. The normalized spacial score (nSPS) is 12.0. The molecule has 0 aliphatic rings. The third-order valence-electron chi connectivity index (χ3n) is 12.1. The average molecular weight is 1170 g/mol. The van der Waals surface area contributed by atoms with E-state index in [1.807, 2.05) is 0 Å². The molecule has 0 heterocycles. The molecular formula is C54H95BrN4O18. The van der Waals surface area contributed by atoms with Crippen LogP contribution in [0.4, 0.5) is 0 Å². The van der Waals surface area contributed by atoms with E-state index in [0.29, 0.717) is 84.5 Å². The Hall–Kier alpha value is -4.58. The molecule has 8 N–H and O–H groups in total. The maximum absolute atomic E-state index is 12.1. The number of carboxylic acid groups (broad SMARTS) is 4. The maximum atomic E-state index is 12.1. The van der Waals surface area contributed by atoms with E-state index >= 15 is 0 Å². The van der Waals surface area contributed by atoms with Crippen molar-refractivity contribution in [3.63, 3.8) is 0 Å². The minimum atomic E-state index is -1.19. The molecule has 23 heteroatoms. The topological polar surface area (TPSA) is 337 Å². The molecule has 0 saturated carbocycles. The smallest absolute Gasteiger partial charge is 0.326 e. The third-order valence-corrected chi connectivity index (χ3v) is 12.6. The monoisotopic (exact) mass is 1170 g/mol. The van der Waals surface area contributed by atoms with Gasteiger partial charge in [-0.3, -0.25) is 38.4 Å². The van der Waals surface area contributed by atoms with E-state index in [-0.39, 0.29) is 99.6 Å². The van der Waals surface area contributed by atoms with Gasteiger partial charge >= 0.3 is 23.9 Å². The number of nitrogens with one attached hydrogen (secondary N) is 4. The Labute approximate surface area is 464 Å². The van der Waals surface area contributed by atoms with Crippen LogP contribution in [-0.4, -0.2) is 163 Å². The Morgan fingerprint density at radius 2 is 0.896 bits per heavy atom. The summed E-state index contributed by atoms with van der Waals surface area (Å²) in [6.45, 7) is 5.81. The van der Waals surface area contributed by atoms with E-state index < -0.39 is 47.8 Å². The van der Waals surface area contributed by atoms with Gasteiger partial charge in [-0.15, -0.1) is 0 Å². The molecular weight excluding hydrogens is 1070 g/mol. The second kappa shape index (κ2) is 53.4. The lowest BCUT2D eigenvalue weighted by atomic mass is 9.96. The molecule has 0 aliphatic carbocycles. The van der Waals surface area contributed by atoms with E-state index in [4.69, 9.17) is 29.2 Å². The highest BCUT2D eigenvalue weighted by atomic mass is 79.9. The summed E-state index contributed by atoms with van der Waals surface area (Å²) in [4.78, 5) is 114. The number of carbonyl (C=O) groups is 10. The zero-order chi connectivity index (χ0) is 57.7. The van der Waals surface area contributed by atoms with Crippen LogP contribution in [0.25, 0.3) is 0 Å². The molecule has 446 valence electrons. The van der Waals surface area contributed by atoms with Crippen molar-refractivity contribution < 1.29 is 87.3 Å². The van der Waals surface area contributed by atoms with Gasteiger partial charge in [0.2, 0.25) is 23.6 Å². The Morgan fingerprint density at radius 3 is 1.40 bits per heavy atom. The summed E-state index contributed by atoms with van der Waals surface area (Å²) < 4.78 is 21.1. The fourth-order valence-electron chi connectivity index (χ4n) is 7.51. The summed E-state index contributed by atoms with van der Waals surface area (Å²) in [5.41, 5.74) is 0. The maximum Gasteiger partial charge on any atom is 0.326 e. The van der Waals surface area contributed by atoms with Crippen molar-refractivity contribution in [2.45, 2.75) is 206 Å². The van der Waals surface area contributed by atoms with E-state index in [9.17, 15) is 58.2 Å². The Kier molecular flexibility index (Phi) is 51.7. The Morgan fingerprint density at radius 1 is 0.416 bits per heavy atom. The predicted molar refractivity (Wildman–Crippen MR) is 292 cm³/mol. The van der Waals surface area contributed by atoms with Crippen LogP contribution in [0.15, 0.2) is 0 Å².